The molecule has 0 radical (unpaired) electrons. The summed E-state index contributed by atoms with van der Waals surface area (Å²) >= 11 is 0. The van der Waals surface area contributed by atoms with Crippen LogP contribution in [0.25, 0.3) is 0 Å². The second kappa shape index (κ2) is 6.46. The molecule has 1 aromatic rings. The fourth-order valence-electron chi connectivity index (χ4n) is 2.10. The highest BCUT2D eigenvalue weighted by Gasteiger charge is 2.43. The van der Waals surface area contributed by atoms with Gasteiger partial charge in [-0.25, -0.2) is 0 Å². The van der Waals surface area contributed by atoms with Crippen molar-refractivity contribution in [2.24, 2.45) is 0 Å². The highest BCUT2D eigenvalue weighted by atomic mass is 19.4. The van der Waals surface area contributed by atoms with Gasteiger partial charge in [0.2, 0.25) is 0 Å². The van der Waals surface area contributed by atoms with E-state index >= 15 is 0 Å². The topological polar surface area (TPSA) is 41.4 Å². The Bertz CT molecular complexity index is 508. The summed E-state index contributed by atoms with van der Waals surface area (Å²) in [7, 11) is 4.56. The molecular formula is C13H21F3N4O. The maximum Gasteiger partial charge on any atom is 0.420 e. The van der Waals surface area contributed by atoms with Gasteiger partial charge in [0, 0.05) is 27.2 Å². The van der Waals surface area contributed by atoms with Crippen molar-refractivity contribution >= 4 is 5.91 Å². The maximum absolute atomic E-state index is 13.2. The van der Waals surface area contributed by atoms with Crippen LogP contribution in [0.1, 0.15) is 35.6 Å². The average molecular weight is 306 g/mol. The molecule has 5 nitrogen and oxygen atoms in total. The van der Waals surface area contributed by atoms with Crippen LogP contribution < -0.4 is 0 Å². The Morgan fingerprint density at radius 3 is 2.29 bits per heavy atom. The van der Waals surface area contributed by atoms with E-state index in [2.05, 4.69) is 5.10 Å². The normalized spacial score (nSPS) is 15.0. The Balaban J connectivity index is 0.00000106. The lowest BCUT2D eigenvalue weighted by molar-refractivity contribution is -0.139. The minimum absolute atomic E-state index is 0.0615. The van der Waals surface area contributed by atoms with E-state index in [9.17, 15) is 18.0 Å². The Labute approximate surface area is 122 Å². The highest BCUT2D eigenvalue weighted by Crippen LogP contribution is 2.36. The molecule has 8 heteroatoms. The molecule has 0 unspecified atom stereocenters. The molecule has 1 aromatic heterocycles. The number of hydrogen-bond acceptors (Lipinski definition) is 3. The standard InChI is InChI=1S/C11H15F3N4O.C2H6/c1-16(2)10(19)9-8(11(12,13)14)7-6-17(3)4-5-18(7)15-9;1-2/h4-6H2,1-3H3;1-2H3. The Morgan fingerprint density at radius 2 is 1.81 bits per heavy atom. The number of fused-ring (bicyclic) bond motifs is 1. The van der Waals surface area contributed by atoms with Crippen molar-refractivity contribution < 1.29 is 18.0 Å². The molecule has 1 aliphatic heterocycles. The molecule has 0 fully saturated rings. The number of hydrogen-bond donors (Lipinski definition) is 0. The Morgan fingerprint density at radius 1 is 1.24 bits per heavy atom. The molecular weight excluding hydrogens is 285 g/mol. The van der Waals surface area contributed by atoms with E-state index in [1.165, 1.54) is 18.8 Å². The fourth-order valence-corrected chi connectivity index (χ4v) is 2.10. The van der Waals surface area contributed by atoms with Crippen LogP contribution in [0.4, 0.5) is 13.2 Å². The smallest absolute Gasteiger partial charge is 0.343 e. The third-order valence-electron chi connectivity index (χ3n) is 3.06. The van der Waals surface area contributed by atoms with E-state index < -0.39 is 23.3 Å². The van der Waals surface area contributed by atoms with Crippen LogP contribution >= 0.6 is 0 Å². The van der Waals surface area contributed by atoms with Crippen molar-refractivity contribution in [3.8, 4) is 0 Å². The number of carbonyl (C=O) groups excluding carboxylic acids is 1. The summed E-state index contributed by atoms with van der Waals surface area (Å²) in [6.45, 7) is 5.11. The summed E-state index contributed by atoms with van der Waals surface area (Å²) in [5, 5.41) is 3.85. The largest absolute Gasteiger partial charge is 0.420 e. The second-order valence-electron chi connectivity index (χ2n) is 4.83. The molecule has 2 heterocycles. The van der Waals surface area contributed by atoms with Gasteiger partial charge in [-0.15, -0.1) is 0 Å². The molecule has 2 rings (SSSR count). The van der Waals surface area contributed by atoms with Crippen LogP contribution in [-0.2, 0) is 19.3 Å². The number of amides is 1. The van der Waals surface area contributed by atoms with E-state index in [0.29, 0.717) is 13.1 Å². The predicted molar refractivity (Wildman–Crippen MR) is 72.9 cm³/mol. The van der Waals surface area contributed by atoms with Gasteiger partial charge in [-0.3, -0.25) is 14.4 Å². The molecule has 1 amide bonds. The second-order valence-corrected chi connectivity index (χ2v) is 4.83. The number of likely N-dealkylation sites (N-methyl/N-ethyl adjacent to an activating group) is 1. The van der Waals surface area contributed by atoms with Crippen LogP contribution in [0.15, 0.2) is 0 Å². The molecule has 0 saturated heterocycles. The number of halogens is 3. The van der Waals surface area contributed by atoms with Crippen LogP contribution in [0, 0.1) is 0 Å². The Hall–Kier alpha value is -1.57. The van der Waals surface area contributed by atoms with Gasteiger partial charge in [-0.1, -0.05) is 13.8 Å². The summed E-state index contributed by atoms with van der Waals surface area (Å²) in [6, 6.07) is 0. The number of aromatic nitrogens is 2. The zero-order chi connectivity index (χ0) is 16.4. The van der Waals surface area contributed by atoms with Crippen molar-refractivity contribution in [2.45, 2.75) is 33.1 Å². The van der Waals surface area contributed by atoms with Gasteiger partial charge in [0.1, 0.15) is 5.56 Å². The molecule has 0 spiro atoms. The molecule has 21 heavy (non-hydrogen) atoms. The van der Waals surface area contributed by atoms with E-state index in [1.54, 1.807) is 11.9 Å². The quantitative estimate of drug-likeness (QED) is 0.797. The van der Waals surface area contributed by atoms with Crippen molar-refractivity contribution in [3.05, 3.63) is 17.0 Å². The molecule has 0 aromatic carbocycles. The third kappa shape index (κ3) is 3.55. The number of carbonyl (C=O) groups is 1. The summed E-state index contributed by atoms with van der Waals surface area (Å²) < 4.78 is 40.8. The van der Waals surface area contributed by atoms with Gasteiger partial charge in [0.15, 0.2) is 5.69 Å². The third-order valence-corrected chi connectivity index (χ3v) is 3.06. The molecule has 120 valence electrons. The molecule has 0 N–H and O–H groups in total. The first-order chi connectivity index (χ1) is 9.71. The van der Waals surface area contributed by atoms with Crippen LogP contribution in [0.3, 0.4) is 0 Å². The molecule has 1 aliphatic rings. The molecule has 0 atom stereocenters. The van der Waals surface area contributed by atoms with Gasteiger partial charge >= 0.3 is 6.18 Å². The number of nitrogens with zero attached hydrogens (tertiary/aromatic N) is 4. The van der Waals surface area contributed by atoms with E-state index in [-0.39, 0.29) is 12.2 Å². The molecule has 0 saturated carbocycles. The molecule has 0 bridgehead atoms. The fraction of sp³-hybridized carbons (Fsp3) is 0.692. The molecule has 0 aliphatic carbocycles. The number of rotatable bonds is 1. The lowest BCUT2D eigenvalue weighted by Gasteiger charge is -2.24. The van der Waals surface area contributed by atoms with Gasteiger partial charge in [0.05, 0.1) is 12.2 Å². The predicted octanol–water partition coefficient (Wildman–Crippen LogP) is 2.08. The maximum atomic E-state index is 13.2. The average Bonchev–Trinajstić information content (AvgIpc) is 2.78. The Kier molecular flexibility index (Phi) is 5.38. The minimum atomic E-state index is -4.58. The van der Waals surface area contributed by atoms with Crippen molar-refractivity contribution in [3.63, 3.8) is 0 Å². The minimum Gasteiger partial charge on any atom is -0.343 e. The van der Waals surface area contributed by atoms with E-state index in [1.807, 2.05) is 13.8 Å². The zero-order valence-electron chi connectivity index (χ0n) is 13.0. The summed E-state index contributed by atoms with van der Waals surface area (Å²) in [5.41, 5.74) is -1.35. The number of alkyl halides is 3. The lowest BCUT2D eigenvalue weighted by Crippen LogP contribution is -2.31. The first-order valence-corrected chi connectivity index (χ1v) is 6.79. The van der Waals surface area contributed by atoms with Gasteiger partial charge in [-0.2, -0.15) is 18.3 Å². The zero-order valence-corrected chi connectivity index (χ0v) is 13.0. The van der Waals surface area contributed by atoms with Crippen molar-refractivity contribution in [1.82, 2.24) is 19.6 Å². The highest BCUT2D eigenvalue weighted by molar-refractivity contribution is 5.93. The van der Waals surface area contributed by atoms with Crippen LogP contribution in [0.5, 0.6) is 0 Å². The van der Waals surface area contributed by atoms with Crippen molar-refractivity contribution in [1.29, 1.82) is 0 Å². The van der Waals surface area contributed by atoms with Crippen LogP contribution in [0.2, 0.25) is 0 Å². The summed E-state index contributed by atoms with van der Waals surface area (Å²) in [5.74, 6) is -0.725. The first-order valence-electron chi connectivity index (χ1n) is 6.79. The van der Waals surface area contributed by atoms with Gasteiger partial charge in [-0.05, 0) is 7.05 Å². The van der Waals surface area contributed by atoms with Crippen molar-refractivity contribution in [2.75, 3.05) is 27.7 Å². The van der Waals surface area contributed by atoms with E-state index in [0.717, 1.165) is 4.90 Å². The lowest BCUT2D eigenvalue weighted by atomic mass is 10.1. The van der Waals surface area contributed by atoms with Crippen LogP contribution in [-0.4, -0.2) is 53.2 Å². The van der Waals surface area contributed by atoms with Gasteiger partial charge in [0.25, 0.3) is 5.91 Å². The first kappa shape index (κ1) is 17.5. The SMILES string of the molecule is CC.CN1CCn2nc(C(=O)N(C)C)c(C(F)(F)F)c2C1. The van der Waals surface area contributed by atoms with E-state index in [4.69, 9.17) is 0 Å². The van der Waals surface area contributed by atoms with Gasteiger partial charge < -0.3 is 4.90 Å². The summed E-state index contributed by atoms with van der Waals surface area (Å²) in [4.78, 5) is 14.7. The monoisotopic (exact) mass is 306 g/mol. The summed E-state index contributed by atoms with van der Waals surface area (Å²) in [6.07, 6.45) is -4.58.